The molecule has 0 rings (SSSR count). The largest absolute Gasteiger partial charge is 0.481 e. The summed E-state index contributed by atoms with van der Waals surface area (Å²) in [6, 6.07) is -0.0940. The van der Waals surface area contributed by atoms with E-state index in [1.54, 1.807) is 4.90 Å². The average molecular weight is 272 g/mol. The van der Waals surface area contributed by atoms with Crippen molar-refractivity contribution in [3.8, 4) is 0 Å². The Morgan fingerprint density at radius 2 is 1.89 bits per heavy atom. The van der Waals surface area contributed by atoms with Gasteiger partial charge in [0.05, 0.1) is 0 Å². The molecule has 0 saturated heterocycles. The van der Waals surface area contributed by atoms with Crippen LogP contribution >= 0.6 is 0 Å². The van der Waals surface area contributed by atoms with Crippen LogP contribution in [-0.4, -0.2) is 41.6 Å². The van der Waals surface area contributed by atoms with E-state index in [2.05, 4.69) is 19.2 Å². The summed E-state index contributed by atoms with van der Waals surface area (Å²) in [6.45, 7) is 9.94. The van der Waals surface area contributed by atoms with Crippen LogP contribution in [0.3, 0.4) is 0 Å². The topological polar surface area (TPSA) is 69.6 Å². The van der Waals surface area contributed by atoms with Crippen molar-refractivity contribution >= 4 is 12.0 Å². The van der Waals surface area contributed by atoms with Gasteiger partial charge in [0, 0.05) is 26.1 Å². The molecule has 0 spiro atoms. The van der Waals surface area contributed by atoms with Crippen molar-refractivity contribution in [1.29, 1.82) is 0 Å². The van der Waals surface area contributed by atoms with Gasteiger partial charge in [0.15, 0.2) is 0 Å². The molecule has 0 aromatic rings. The van der Waals surface area contributed by atoms with Gasteiger partial charge in [0.2, 0.25) is 0 Å². The van der Waals surface area contributed by atoms with Crippen molar-refractivity contribution in [2.24, 2.45) is 11.8 Å². The van der Waals surface area contributed by atoms with Crippen molar-refractivity contribution in [3.63, 3.8) is 0 Å². The summed E-state index contributed by atoms with van der Waals surface area (Å²) in [5.74, 6) is -0.373. The van der Waals surface area contributed by atoms with Crippen LogP contribution in [0, 0.1) is 11.8 Å². The van der Waals surface area contributed by atoms with Crippen LogP contribution in [0.15, 0.2) is 0 Å². The maximum Gasteiger partial charge on any atom is 0.317 e. The average Bonchev–Trinajstić information content (AvgIpc) is 2.31. The van der Waals surface area contributed by atoms with Crippen LogP contribution in [0.5, 0.6) is 0 Å². The summed E-state index contributed by atoms with van der Waals surface area (Å²) in [7, 11) is 0. The number of rotatable bonds is 9. The number of hydrogen-bond donors (Lipinski definition) is 2. The zero-order valence-electron chi connectivity index (χ0n) is 12.6. The second-order valence-corrected chi connectivity index (χ2v) is 5.36. The van der Waals surface area contributed by atoms with E-state index < -0.39 is 5.97 Å². The highest BCUT2D eigenvalue weighted by Crippen LogP contribution is 2.14. The molecule has 0 aliphatic carbocycles. The van der Waals surface area contributed by atoms with E-state index in [4.69, 9.17) is 5.11 Å². The minimum Gasteiger partial charge on any atom is -0.481 e. The lowest BCUT2D eigenvalue weighted by Crippen LogP contribution is -2.42. The first kappa shape index (κ1) is 17.7. The lowest BCUT2D eigenvalue weighted by atomic mass is 9.94. The fourth-order valence-electron chi connectivity index (χ4n) is 2.17. The van der Waals surface area contributed by atoms with Crippen LogP contribution in [-0.2, 0) is 4.79 Å². The molecule has 5 nitrogen and oxygen atoms in total. The Labute approximate surface area is 116 Å². The number of aliphatic carboxylic acids is 1. The third kappa shape index (κ3) is 8.46. The van der Waals surface area contributed by atoms with Crippen molar-refractivity contribution in [2.75, 3.05) is 19.6 Å². The molecule has 19 heavy (non-hydrogen) atoms. The summed E-state index contributed by atoms with van der Waals surface area (Å²) in [6.07, 6.45) is 1.84. The van der Waals surface area contributed by atoms with Crippen molar-refractivity contribution in [3.05, 3.63) is 0 Å². The van der Waals surface area contributed by atoms with Gasteiger partial charge in [0.1, 0.15) is 0 Å². The Morgan fingerprint density at radius 1 is 1.26 bits per heavy atom. The molecule has 0 aliphatic heterocycles. The molecular formula is C14H28N2O3. The molecule has 5 heteroatoms. The summed E-state index contributed by atoms with van der Waals surface area (Å²) in [5.41, 5.74) is 0. The maximum atomic E-state index is 11.9. The number of carboxylic acid groups (broad SMARTS) is 1. The van der Waals surface area contributed by atoms with Gasteiger partial charge >= 0.3 is 12.0 Å². The van der Waals surface area contributed by atoms with Gasteiger partial charge in [-0.25, -0.2) is 4.79 Å². The molecule has 0 bridgehead atoms. The van der Waals surface area contributed by atoms with E-state index in [1.165, 1.54) is 0 Å². The number of carbonyl (C=O) groups excluding carboxylic acids is 1. The maximum absolute atomic E-state index is 11.9. The predicted molar refractivity (Wildman–Crippen MR) is 76.1 cm³/mol. The van der Waals surface area contributed by atoms with Crippen molar-refractivity contribution < 1.29 is 14.7 Å². The second-order valence-electron chi connectivity index (χ2n) is 5.36. The fraction of sp³-hybridized carbons (Fsp3) is 0.857. The molecule has 0 aromatic carbocycles. The first-order valence-electron chi connectivity index (χ1n) is 7.15. The summed E-state index contributed by atoms with van der Waals surface area (Å²) < 4.78 is 0. The quantitative estimate of drug-likeness (QED) is 0.677. The van der Waals surface area contributed by atoms with Gasteiger partial charge in [-0.05, 0) is 31.6 Å². The molecule has 0 aliphatic rings. The molecule has 0 heterocycles. The van der Waals surface area contributed by atoms with E-state index >= 15 is 0 Å². The van der Waals surface area contributed by atoms with Gasteiger partial charge in [-0.1, -0.05) is 20.8 Å². The first-order valence-corrected chi connectivity index (χ1v) is 7.15. The summed E-state index contributed by atoms with van der Waals surface area (Å²) in [4.78, 5) is 24.5. The zero-order valence-corrected chi connectivity index (χ0v) is 12.6. The molecule has 0 radical (unpaired) electrons. The van der Waals surface area contributed by atoms with Crippen LogP contribution in [0.25, 0.3) is 0 Å². The minimum atomic E-state index is -0.805. The molecular weight excluding hydrogens is 244 g/mol. The normalized spacial score (nSPS) is 12.3. The monoisotopic (exact) mass is 272 g/mol. The number of urea groups is 1. The first-order chi connectivity index (χ1) is 8.90. The SMILES string of the molecule is CCCN(CC)C(=O)NCC(CC(=O)O)CC(C)C. The minimum absolute atomic E-state index is 0.00165. The molecule has 0 saturated carbocycles. The molecule has 0 fully saturated rings. The Kier molecular flexibility index (Phi) is 9.00. The van der Waals surface area contributed by atoms with Gasteiger partial charge in [-0.15, -0.1) is 0 Å². The van der Waals surface area contributed by atoms with Crippen LogP contribution in [0.1, 0.15) is 47.0 Å². The van der Waals surface area contributed by atoms with Gasteiger partial charge in [-0.3, -0.25) is 4.79 Å². The number of carboxylic acids is 1. The summed E-state index contributed by atoms with van der Waals surface area (Å²) in [5, 5.41) is 11.7. The van der Waals surface area contributed by atoms with E-state index in [0.717, 1.165) is 19.4 Å². The highest BCUT2D eigenvalue weighted by molar-refractivity contribution is 5.74. The van der Waals surface area contributed by atoms with Crippen molar-refractivity contribution in [1.82, 2.24) is 10.2 Å². The van der Waals surface area contributed by atoms with Crippen LogP contribution in [0.2, 0.25) is 0 Å². The Bertz CT molecular complexity index is 280. The molecule has 1 unspecified atom stereocenters. The lowest BCUT2D eigenvalue weighted by Gasteiger charge is -2.23. The Hall–Kier alpha value is -1.26. The Morgan fingerprint density at radius 3 is 2.32 bits per heavy atom. The number of nitrogens with one attached hydrogen (secondary N) is 1. The molecule has 1 atom stereocenters. The second kappa shape index (κ2) is 9.64. The van der Waals surface area contributed by atoms with E-state index in [9.17, 15) is 9.59 Å². The number of hydrogen-bond acceptors (Lipinski definition) is 2. The van der Waals surface area contributed by atoms with Crippen molar-refractivity contribution in [2.45, 2.75) is 47.0 Å². The van der Waals surface area contributed by atoms with E-state index in [-0.39, 0.29) is 18.4 Å². The third-order valence-corrected chi connectivity index (χ3v) is 2.97. The number of nitrogens with zero attached hydrogens (tertiary/aromatic N) is 1. The molecule has 0 aromatic heterocycles. The van der Waals surface area contributed by atoms with Gasteiger partial charge in [-0.2, -0.15) is 0 Å². The van der Waals surface area contributed by atoms with E-state index in [0.29, 0.717) is 19.0 Å². The van der Waals surface area contributed by atoms with E-state index in [1.807, 2.05) is 13.8 Å². The zero-order chi connectivity index (χ0) is 14.8. The lowest BCUT2D eigenvalue weighted by molar-refractivity contribution is -0.138. The number of amides is 2. The molecule has 2 amide bonds. The smallest absolute Gasteiger partial charge is 0.317 e. The van der Waals surface area contributed by atoms with Crippen LogP contribution < -0.4 is 5.32 Å². The Balaban J connectivity index is 4.28. The molecule has 2 N–H and O–H groups in total. The standard InChI is InChI=1S/C14H28N2O3/c1-5-7-16(6-2)14(19)15-10-12(8-11(3)4)9-13(17)18/h11-12H,5-10H2,1-4H3,(H,15,19)(H,17,18). The summed E-state index contributed by atoms with van der Waals surface area (Å²) >= 11 is 0. The van der Waals surface area contributed by atoms with Gasteiger partial charge in [0.25, 0.3) is 0 Å². The predicted octanol–water partition coefficient (Wildman–Crippen LogP) is 2.56. The highest BCUT2D eigenvalue weighted by Gasteiger charge is 2.17. The third-order valence-electron chi connectivity index (χ3n) is 2.97. The number of carbonyl (C=O) groups is 2. The highest BCUT2D eigenvalue weighted by atomic mass is 16.4. The fourth-order valence-corrected chi connectivity index (χ4v) is 2.17. The molecule has 112 valence electrons. The van der Waals surface area contributed by atoms with Gasteiger partial charge < -0.3 is 15.3 Å². The van der Waals surface area contributed by atoms with Crippen LogP contribution in [0.4, 0.5) is 4.79 Å².